The number of halogens is 2. The smallest absolute Gasteiger partial charge is 0.252 e. The summed E-state index contributed by atoms with van der Waals surface area (Å²) in [4.78, 5) is 23.0. The number of carbonyl (C=O) groups is 2. The molecule has 1 aromatic carbocycles. The van der Waals surface area contributed by atoms with E-state index in [1.54, 1.807) is 24.3 Å². The van der Waals surface area contributed by atoms with Crippen LogP contribution in [0.5, 0.6) is 0 Å². The van der Waals surface area contributed by atoms with Crippen LogP contribution in [0, 0.1) is 0 Å². The van der Waals surface area contributed by atoms with Crippen molar-refractivity contribution in [2.75, 3.05) is 19.6 Å². The third-order valence-corrected chi connectivity index (χ3v) is 2.79. The van der Waals surface area contributed by atoms with Crippen molar-refractivity contribution < 1.29 is 9.59 Å². The predicted octanol–water partition coefficient (Wildman–Crippen LogP) is 1.35. The fourth-order valence-electron chi connectivity index (χ4n) is 1.47. The van der Waals surface area contributed by atoms with E-state index in [0.717, 1.165) is 0 Å². The van der Waals surface area contributed by atoms with E-state index in [2.05, 4.69) is 10.6 Å². The number of nitrogens with two attached hydrogens (primary N) is 1. The van der Waals surface area contributed by atoms with Crippen LogP contribution >= 0.6 is 24.0 Å². The molecule has 0 atom stereocenters. The van der Waals surface area contributed by atoms with Crippen LogP contribution < -0.4 is 16.4 Å². The number of nitrogens with one attached hydrogen (secondary N) is 2. The van der Waals surface area contributed by atoms with Crippen LogP contribution in [0.1, 0.15) is 23.2 Å². The normalized spacial score (nSPS) is 9.50. The van der Waals surface area contributed by atoms with E-state index < -0.39 is 0 Å². The van der Waals surface area contributed by atoms with Gasteiger partial charge in [0.1, 0.15) is 0 Å². The number of carbonyl (C=O) groups excluding carboxylic acids is 2. The van der Waals surface area contributed by atoms with Crippen LogP contribution in [-0.2, 0) is 4.79 Å². The zero-order chi connectivity index (χ0) is 14.1. The highest BCUT2D eigenvalue weighted by Gasteiger charge is 2.08. The summed E-state index contributed by atoms with van der Waals surface area (Å²) in [5.74, 6) is -0.306. The summed E-state index contributed by atoms with van der Waals surface area (Å²) in [6.07, 6.45) is 1.08. The van der Waals surface area contributed by atoms with Gasteiger partial charge in [0.2, 0.25) is 5.91 Å². The van der Waals surface area contributed by atoms with Crippen molar-refractivity contribution >= 4 is 35.8 Å². The largest absolute Gasteiger partial charge is 0.354 e. The zero-order valence-electron chi connectivity index (χ0n) is 11.0. The number of amides is 2. The topological polar surface area (TPSA) is 84.2 Å². The summed E-state index contributed by atoms with van der Waals surface area (Å²) < 4.78 is 0. The van der Waals surface area contributed by atoms with Crippen molar-refractivity contribution in [2.45, 2.75) is 12.8 Å². The molecule has 2 amide bonds. The monoisotopic (exact) mass is 319 g/mol. The van der Waals surface area contributed by atoms with Crippen molar-refractivity contribution in [3.8, 4) is 0 Å². The molecule has 1 rings (SSSR count). The number of rotatable bonds is 7. The quantitative estimate of drug-likeness (QED) is 0.663. The minimum Gasteiger partial charge on any atom is -0.354 e. The molecule has 0 unspecified atom stereocenters. The highest BCUT2D eigenvalue weighted by atomic mass is 35.5. The highest BCUT2D eigenvalue weighted by Crippen LogP contribution is 2.14. The fourth-order valence-corrected chi connectivity index (χ4v) is 1.69. The molecule has 0 bridgehead atoms. The SMILES string of the molecule is Cl.NCCCC(=O)NCCNC(=O)c1ccccc1Cl. The van der Waals surface area contributed by atoms with Gasteiger partial charge >= 0.3 is 0 Å². The molecule has 0 radical (unpaired) electrons. The lowest BCUT2D eigenvalue weighted by atomic mass is 10.2. The Morgan fingerprint density at radius 3 is 2.45 bits per heavy atom. The molecule has 0 heterocycles. The van der Waals surface area contributed by atoms with Crippen LogP contribution in [0.15, 0.2) is 24.3 Å². The van der Waals surface area contributed by atoms with Gasteiger partial charge in [0, 0.05) is 19.5 Å². The van der Waals surface area contributed by atoms with E-state index in [0.29, 0.717) is 43.1 Å². The molecule has 0 saturated heterocycles. The van der Waals surface area contributed by atoms with Gasteiger partial charge in [-0.05, 0) is 25.1 Å². The summed E-state index contributed by atoms with van der Waals surface area (Å²) >= 11 is 5.90. The lowest BCUT2D eigenvalue weighted by Crippen LogP contribution is -2.34. The Hall–Kier alpha value is -1.30. The van der Waals surface area contributed by atoms with Gasteiger partial charge in [0.05, 0.1) is 10.6 Å². The van der Waals surface area contributed by atoms with Gasteiger partial charge in [-0.1, -0.05) is 23.7 Å². The van der Waals surface area contributed by atoms with E-state index in [9.17, 15) is 9.59 Å². The van der Waals surface area contributed by atoms with Crippen LogP contribution in [0.25, 0.3) is 0 Å². The third kappa shape index (κ3) is 6.75. The molecule has 0 fully saturated rings. The lowest BCUT2D eigenvalue weighted by Gasteiger charge is -2.07. The molecule has 4 N–H and O–H groups in total. The van der Waals surface area contributed by atoms with Crippen molar-refractivity contribution in [3.05, 3.63) is 34.9 Å². The molecule has 0 aliphatic carbocycles. The van der Waals surface area contributed by atoms with Gasteiger partial charge < -0.3 is 16.4 Å². The first-order valence-electron chi connectivity index (χ1n) is 6.14. The summed E-state index contributed by atoms with van der Waals surface area (Å²) in [5.41, 5.74) is 5.73. The van der Waals surface area contributed by atoms with Gasteiger partial charge in [-0.25, -0.2) is 0 Å². The Bertz CT molecular complexity index is 441. The molecule has 7 heteroatoms. The second-order valence-electron chi connectivity index (χ2n) is 3.98. The predicted molar refractivity (Wildman–Crippen MR) is 82.3 cm³/mol. The second-order valence-corrected chi connectivity index (χ2v) is 4.39. The van der Waals surface area contributed by atoms with E-state index >= 15 is 0 Å². The van der Waals surface area contributed by atoms with Crippen molar-refractivity contribution in [1.82, 2.24) is 10.6 Å². The molecule has 0 saturated carbocycles. The standard InChI is InChI=1S/C13H18ClN3O2.ClH/c14-11-5-2-1-4-10(11)13(19)17-9-8-16-12(18)6-3-7-15;/h1-2,4-5H,3,6-9,15H2,(H,16,18)(H,17,19);1H. The number of hydrogen-bond acceptors (Lipinski definition) is 3. The van der Waals surface area contributed by atoms with Crippen LogP contribution in [0.4, 0.5) is 0 Å². The van der Waals surface area contributed by atoms with Gasteiger partial charge in [-0.15, -0.1) is 12.4 Å². The van der Waals surface area contributed by atoms with Crippen molar-refractivity contribution in [2.24, 2.45) is 5.73 Å². The molecule has 1 aromatic rings. The van der Waals surface area contributed by atoms with Gasteiger partial charge in [0.25, 0.3) is 5.91 Å². The van der Waals surface area contributed by atoms with Crippen molar-refractivity contribution in [1.29, 1.82) is 0 Å². The Morgan fingerprint density at radius 1 is 1.15 bits per heavy atom. The Morgan fingerprint density at radius 2 is 1.80 bits per heavy atom. The molecule has 5 nitrogen and oxygen atoms in total. The fraction of sp³-hybridized carbons (Fsp3) is 0.385. The van der Waals surface area contributed by atoms with E-state index in [-0.39, 0.29) is 24.2 Å². The summed E-state index contributed by atoms with van der Waals surface area (Å²) in [7, 11) is 0. The molecule has 112 valence electrons. The first-order chi connectivity index (χ1) is 9.15. The molecule has 0 aliphatic rings. The maximum atomic E-state index is 11.8. The minimum absolute atomic E-state index is 0. The average molecular weight is 320 g/mol. The second kappa shape index (κ2) is 10.5. The maximum Gasteiger partial charge on any atom is 0.252 e. The molecule has 0 aromatic heterocycles. The van der Waals surface area contributed by atoms with Gasteiger partial charge in [0.15, 0.2) is 0 Å². The molecule has 0 spiro atoms. The van der Waals surface area contributed by atoms with E-state index in [4.69, 9.17) is 17.3 Å². The van der Waals surface area contributed by atoms with Crippen LogP contribution in [0.2, 0.25) is 5.02 Å². The Kier molecular flexibility index (Phi) is 9.80. The summed E-state index contributed by atoms with van der Waals surface area (Å²) in [6.45, 7) is 1.24. The first-order valence-corrected chi connectivity index (χ1v) is 6.52. The lowest BCUT2D eigenvalue weighted by molar-refractivity contribution is -0.121. The Balaban J connectivity index is 0.00000361. The third-order valence-electron chi connectivity index (χ3n) is 2.46. The van der Waals surface area contributed by atoms with Gasteiger partial charge in [-0.2, -0.15) is 0 Å². The van der Waals surface area contributed by atoms with E-state index in [1.807, 2.05) is 0 Å². The number of benzene rings is 1. The first kappa shape index (κ1) is 18.7. The van der Waals surface area contributed by atoms with Crippen LogP contribution in [0.3, 0.4) is 0 Å². The molecule has 20 heavy (non-hydrogen) atoms. The zero-order valence-corrected chi connectivity index (χ0v) is 12.6. The molecular formula is C13H19Cl2N3O2. The Labute approximate surface area is 129 Å². The van der Waals surface area contributed by atoms with Gasteiger partial charge in [-0.3, -0.25) is 9.59 Å². The molecular weight excluding hydrogens is 301 g/mol. The average Bonchev–Trinajstić information content (AvgIpc) is 2.41. The number of hydrogen-bond donors (Lipinski definition) is 3. The summed E-state index contributed by atoms with van der Waals surface area (Å²) in [5, 5.41) is 5.79. The minimum atomic E-state index is -0.248. The van der Waals surface area contributed by atoms with Crippen LogP contribution in [-0.4, -0.2) is 31.4 Å². The molecule has 0 aliphatic heterocycles. The van der Waals surface area contributed by atoms with E-state index in [1.165, 1.54) is 0 Å². The van der Waals surface area contributed by atoms with Crippen molar-refractivity contribution in [3.63, 3.8) is 0 Å². The maximum absolute atomic E-state index is 11.8. The highest BCUT2D eigenvalue weighted by molar-refractivity contribution is 6.33. The summed E-state index contributed by atoms with van der Waals surface area (Å²) in [6, 6.07) is 6.81.